The summed E-state index contributed by atoms with van der Waals surface area (Å²) in [6.45, 7) is 2.24. The van der Waals surface area contributed by atoms with Crippen molar-refractivity contribution in [3.63, 3.8) is 0 Å². The Morgan fingerprint density at radius 3 is 2.65 bits per heavy atom. The fourth-order valence-corrected chi connectivity index (χ4v) is 2.96. The van der Waals surface area contributed by atoms with Crippen LogP contribution >= 0.6 is 12.4 Å². The van der Waals surface area contributed by atoms with Crippen LogP contribution in [-0.2, 0) is 6.54 Å². The second kappa shape index (κ2) is 7.07. The number of nitrogens with two attached hydrogens (primary N) is 1. The summed E-state index contributed by atoms with van der Waals surface area (Å²) in [7, 11) is 0. The minimum Gasteiger partial charge on any atom is -0.454 e. The molecule has 1 aromatic carbocycles. The van der Waals surface area contributed by atoms with Crippen molar-refractivity contribution in [2.75, 3.05) is 26.4 Å². The molecule has 0 amide bonds. The van der Waals surface area contributed by atoms with Crippen LogP contribution < -0.4 is 19.9 Å². The average molecular weight is 351 g/mol. The van der Waals surface area contributed by atoms with Crippen molar-refractivity contribution < 1.29 is 23.0 Å². The minimum atomic E-state index is -2.87. The van der Waals surface area contributed by atoms with Crippen LogP contribution in [0.1, 0.15) is 18.9 Å². The van der Waals surface area contributed by atoms with Crippen molar-refractivity contribution in [2.45, 2.75) is 26.5 Å². The van der Waals surface area contributed by atoms with Crippen LogP contribution in [0, 0.1) is 5.41 Å². The van der Waals surface area contributed by atoms with E-state index in [1.807, 2.05) is 0 Å². The van der Waals surface area contributed by atoms with E-state index in [1.54, 1.807) is 6.07 Å². The third-order valence-corrected chi connectivity index (χ3v) is 4.30. The number of halogens is 3. The van der Waals surface area contributed by atoms with E-state index in [1.165, 1.54) is 6.07 Å². The lowest BCUT2D eigenvalue weighted by molar-refractivity contribution is -0.0508. The first kappa shape index (κ1) is 18.0. The molecule has 2 aliphatic heterocycles. The van der Waals surface area contributed by atoms with E-state index in [0.29, 0.717) is 30.2 Å². The van der Waals surface area contributed by atoms with Gasteiger partial charge in [-0.1, -0.05) is 6.92 Å². The lowest BCUT2D eigenvalue weighted by atomic mass is 9.90. The van der Waals surface area contributed by atoms with Gasteiger partial charge in [-0.3, -0.25) is 4.90 Å². The second-order valence-corrected chi connectivity index (χ2v) is 6.17. The van der Waals surface area contributed by atoms with Gasteiger partial charge in [0.1, 0.15) is 5.75 Å². The van der Waals surface area contributed by atoms with Crippen LogP contribution in [0.4, 0.5) is 8.78 Å². The third-order valence-electron chi connectivity index (χ3n) is 4.30. The van der Waals surface area contributed by atoms with Crippen LogP contribution in [-0.4, -0.2) is 37.9 Å². The van der Waals surface area contributed by atoms with Crippen molar-refractivity contribution in [1.82, 2.24) is 4.90 Å². The number of hydrogen-bond donors (Lipinski definition) is 1. The molecule has 0 radical (unpaired) electrons. The first-order valence-corrected chi connectivity index (χ1v) is 7.29. The summed E-state index contributed by atoms with van der Waals surface area (Å²) in [6, 6.07) is 3.19. The first-order chi connectivity index (χ1) is 10.5. The monoisotopic (exact) mass is 350 g/mol. The fourth-order valence-electron chi connectivity index (χ4n) is 2.96. The maximum atomic E-state index is 12.6. The largest absolute Gasteiger partial charge is 0.454 e. The molecule has 0 bridgehead atoms. The van der Waals surface area contributed by atoms with E-state index in [2.05, 4.69) is 16.6 Å². The Labute approximate surface area is 140 Å². The van der Waals surface area contributed by atoms with E-state index in [9.17, 15) is 8.78 Å². The number of benzene rings is 1. The maximum absolute atomic E-state index is 12.6. The van der Waals surface area contributed by atoms with Crippen LogP contribution in [0.15, 0.2) is 12.1 Å². The molecule has 2 N–H and O–H groups in total. The zero-order chi connectivity index (χ0) is 15.7. The first-order valence-electron chi connectivity index (χ1n) is 7.29. The number of likely N-dealkylation sites (tertiary alicyclic amines) is 1. The second-order valence-electron chi connectivity index (χ2n) is 6.17. The van der Waals surface area contributed by atoms with Gasteiger partial charge in [-0.25, -0.2) is 0 Å². The van der Waals surface area contributed by atoms with E-state index >= 15 is 0 Å². The SMILES string of the molecule is CC1(CN)CCN(Cc2cc3c(cc2OC(F)F)OCO3)C1.Cl. The van der Waals surface area contributed by atoms with Gasteiger partial charge in [-0.15, -0.1) is 12.4 Å². The maximum Gasteiger partial charge on any atom is 0.387 e. The quantitative estimate of drug-likeness (QED) is 0.884. The molecule has 23 heavy (non-hydrogen) atoms. The molecule has 0 aliphatic carbocycles. The van der Waals surface area contributed by atoms with E-state index in [0.717, 1.165) is 19.5 Å². The highest BCUT2D eigenvalue weighted by Gasteiger charge is 2.33. The molecule has 0 aromatic heterocycles. The molecular weight excluding hydrogens is 330 g/mol. The van der Waals surface area contributed by atoms with Gasteiger partial charge in [0.25, 0.3) is 0 Å². The van der Waals surface area contributed by atoms with E-state index in [4.69, 9.17) is 15.2 Å². The predicted molar refractivity (Wildman–Crippen MR) is 83.5 cm³/mol. The van der Waals surface area contributed by atoms with Crippen molar-refractivity contribution in [2.24, 2.45) is 11.1 Å². The summed E-state index contributed by atoms with van der Waals surface area (Å²) < 4.78 is 40.4. The number of rotatable bonds is 5. The molecule has 1 saturated heterocycles. The van der Waals surface area contributed by atoms with Gasteiger partial charge < -0.3 is 19.9 Å². The van der Waals surface area contributed by atoms with Crippen LogP contribution in [0.3, 0.4) is 0 Å². The number of hydrogen-bond acceptors (Lipinski definition) is 5. The molecule has 1 fully saturated rings. The zero-order valence-corrected chi connectivity index (χ0v) is 13.7. The Kier molecular flexibility index (Phi) is 5.54. The molecular formula is C15H21ClF2N2O3. The highest BCUT2D eigenvalue weighted by atomic mass is 35.5. The fraction of sp³-hybridized carbons (Fsp3) is 0.600. The summed E-state index contributed by atoms with van der Waals surface area (Å²) in [5.74, 6) is 1.14. The Morgan fingerprint density at radius 1 is 1.35 bits per heavy atom. The van der Waals surface area contributed by atoms with Gasteiger partial charge in [0.15, 0.2) is 11.5 Å². The molecule has 3 rings (SSSR count). The lowest BCUT2D eigenvalue weighted by Gasteiger charge is -2.23. The normalized spacial score (nSPS) is 23.2. The molecule has 1 aromatic rings. The van der Waals surface area contributed by atoms with E-state index < -0.39 is 6.61 Å². The number of ether oxygens (including phenoxy) is 3. The summed E-state index contributed by atoms with van der Waals surface area (Å²) in [6.07, 6.45) is 0.999. The Balaban J connectivity index is 0.00000192. The van der Waals surface area contributed by atoms with Crippen molar-refractivity contribution in [3.05, 3.63) is 17.7 Å². The van der Waals surface area contributed by atoms with Gasteiger partial charge in [-0.2, -0.15) is 8.78 Å². The average Bonchev–Trinajstić information content (AvgIpc) is 3.06. The molecule has 8 heteroatoms. The Bertz CT molecular complexity index is 562. The summed E-state index contributed by atoms with van der Waals surface area (Å²) in [5, 5.41) is 0. The number of alkyl halides is 2. The standard InChI is InChI=1S/C15H20F2N2O3.ClH/c1-15(7-18)2-3-19(8-15)6-10-4-12-13(21-9-20-12)5-11(10)22-14(16)17;/h4-5,14H,2-3,6-9,18H2,1H3;1H. The highest BCUT2D eigenvalue weighted by Crippen LogP contribution is 2.40. The van der Waals surface area contributed by atoms with Crippen LogP contribution in [0.25, 0.3) is 0 Å². The molecule has 2 heterocycles. The lowest BCUT2D eigenvalue weighted by Crippen LogP contribution is -2.31. The highest BCUT2D eigenvalue weighted by molar-refractivity contribution is 5.85. The topological polar surface area (TPSA) is 57.0 Å². The van der Waals surface area contributed by atoms with Gasteiger partial charge in [-0.05, 0) is 31.0 Å². The summed E-state index contributed by atoms with van der Waals surface area (Å²) in [5.41, 5.74) is 6.56. The third kappa shape index (κ3) is 3.97. The predicted octanol–water partition coefficient (Wildman–Crippen LogP) is 2.61. The molecule has 1 unspecified atom stereocenters. The molecule has 1 atom stereocenters. The molecule has 2 aliphatic rings. The van der Waals surface area contributed by atoms with Gasteiger partial charge in [0.05, 0.1) is 0 Å². The summed E-state index contributed by atoms with van der Waals surface area (Å²) >= 11 is 0. The molecule has 0 spiro atoms. The Hall–Kier alpha value is -1.31. The van der Waals surface area contributed by atoms with Gasteiger partial charge in [0, 0.05) is 24.7 Å². The van der Waals surface area contributed by atoms with Crippen molar-refractivity contribution in [3.8, 4) is 17.2 Å². The number of nitrogens with zero attached hydrogens (tertiary/aromatic N) is 1. The van der Waals surface area contributed by atoms with Crippen molar-refractivity contribution >= 4 is 12.4 Å². The minimum absolute atomic E-state index is 0. The molecule has 0 saturated carbocycles. The van der Waals surface area contributed by atoms with Gasteiger partial charge >= 0.3 is 6.61 Å². The van der Waals surface area contributed by atoms with Crippen molar-refractivity contribution in [1.29, 1.82) is 0 Å². The zero-order valence-electron chi connectivity index (χ0n) is 12.9. The molecule has 130 valence electrons. The van der Waals surface area contributed by atoms with Crippen LogP contribution in [0.2, 0.25) is 0 Å². The van der Waals surface area contributed by atoms with Gasteiger partial charge in [0.2, 0.25) is 6.79 Å². The van der Waals surface area contributed by atoms with E-state index in [-0.39, 0.29) is 30.4 Å². The summed E-state index contributed by atoms with van der Waals surface area (Å²) in [4.78, 5) is 2.20. The smallest absolute Gasteiger partial charge is 0.387 e. The number of fused-ring (bicyclic) bond motifs is 1. The Morgan fingerprint density at radius 2 is 2.04 bits per heavy atom. The molecule has 5 nitrogen and oxygen atoms in total. The van der Waals surface area contributed by atoms with Crippen LogP contribution in [0.5, 0.6) is 17.2 Å².